The van der Waals surface area contributed by atoms with E-state index in [4.69, 9.17) is 0 Å². The van der Waals surface area contributed by atoms with Gasteiger partial charge in [-0.15, -0.1) is 0 Å². The SMILES string of the molecule is O=S(=O)(OC(F)F)OC(F)F. The molecule has 0 N–H and O–H groups in total. The molecular formula is C2H2F4O4S. The van der Waals surface area contributed by atoms with Crippen LogP contribution in [0.3, 0.4) is 0 Å². The first-order chi connectivity index (χ1) is 4.83. The summed E-state index contributed by atoms with van der Waals surface area (Å²) in [5, 5.41) is 0. The molecule has 4 nitrogen and oxygen atoms in total. The summed E-state index contributed by atoms with van der Waals surface area (Å²) in [6.45, 7) is -7.42. The molecule has 0 heterocycles. The quantitative estimate of drug-likeness (QED) is 0.624. The van der Waals surface area contributed by atoms with Crippen molar-refractivity contribution in [3.63, 3.8) is 0 Å². The Morgan fingerprint density at radius 3 is 1.36 bits per heavy atom. The molecule has 0 aliphatic heterocycles. The van der Waals surface area contributed by atoms with Gasteiger partial charge in [0.15, 0.2) is 0 Å². The molecule has 0 unspecified atom stereocenters. The fourth-order valence-electron chi connectivity index (χ4n) is 0.201. The van der Waals surface area contributed by atoms with E-state index in [2.05, 4.69) is 8.37 Å². The molecule has 0 aromatic heterocycles. The van der Waals surface area contributed by atoms with E-state index in [1.807, 2.05) is 0 Å². The van der Waals surface area contributed by atoms with Gasteiger partial charge in [-0.3, -0.25) is 0 Å². The van der Waals surface area contributed by atoms with Gasteiger partial charge in [0.05, 0.1) is 0 Å². The molecule has 0 bridgehead atoms. The fraction of sp³-hybridized carbons (Fsp3) is 1.00. The third-order valence-electron chi connectivity index (χ3n) is 0.381. The van der Waals surface area contributed by atoms with Crippen molar-refractivity contribution in [2.45, 2.75) is 13.2 Å². The van der Waals surface area contributed by atoms with Gasteiger partial charge in [0.25, 0.3) is 0 Å². The van der Waals surface area contributed by atoms with Crippen LogP contribution in [0.15, 0.2) is 0 Å². The summed E-state index contributed by atoms with van der Waals surface area (Å²) in [5.74, 6) is 0. The van der Waals surface area contributed by atoms with E-state index in [1.165, 1.54) is 0 Å². The van der Waals surface area contributed by atoms with Gasteiger partial charge in [-0.25, -0.2) is 0 Å². The Morgan fingerprint density at radius 2 is 1.18 bits per heavy atom. The zero-order valence-corrected chi connectivity index (χ0v) is 5.52. The maximum absolute atomic E-state index is 11.1. The maximum Gasteiger partial charge on any atom is 0.409 e. The molecule has 9 heteroatoms. The molecule has 0 saturated carbocycles. The Balaban J connectivity index is 4.03. The zero-order chi connectivity index (χ0) is 9.07. The predicted octanol–water partition coefficient (Wildman–Crippen LogP) is 0.710. The fourth-order valence-corrected chi connectivity index (χ4v) is 0.603. The van der Waals surface area contributed by atoms with Gasteiger partial charge in [0.2, 0.25) is 0 Å². The minimum atomic E-state index is -5.28. The van der Waals surface area contributed by atoms with Crippen LogP contribution in [-0.2, 0) is 18.8 Å². The van der Waals surface area contributed by atoms with Crippen molar-refractivity contribution in [2.75, 3.05) is 0 Å². The summed E-state index contributed by atoms with van der Waals surface area (Å²) in [4.78, 5) is 0. The number of hydrogen-bond donors (Lipinski definition) is 0. The van der Waals surface area contributed by atoms with E-state index >= 15 is 0 Å². The van der Waals surface area contributed by atoms with Crippen molar-refractivity contribution >= 4 is 10.4 Å². The highest BCUT2D eigenvalue weighted by molar-refractivity contribution is 7.81. The van der Waals surface area contributed by atoms with Crippen molar-refractivity contribution in [3.05, 3.63) is 0 Å². The first-order valence-corrected chi connectivity index (χ1v) is 3.34. The number of rotatable bonds is 4. The van der Waals surface area contributed by atoms with E-state index < -0.39 is 23.6 Å². The van der Waals surface area contributed by atoms with Crippen LogP contribution in [0, 0.1) is 0 Å². The molecule has 0 radical (unpaired) electrons. The second-order valence-electron chi connectivity index (χ2n) is 1.12. The van der Waals surface area contributed by atoms with Gasteiger partial charge in [-0.1, -0.05) is 0 Å². The Labute approximate surface area is 59.0 Å². The van der Waals surface area contributed by atoms with Gasteiger partial charge in [-0.2, -0.15) is 34.3 Å². The minimum absolute atomic E-state index is 2.69. The van der Waals surface area contributed by atoms with Gasteiger partial charge in [0, 0.05) is 0 Å². The van der Waals surface area contributed by atoms with Crippen molar-refractivity contribution in [3.8, 4) is 0 Å². The number of alkyl halides is 4. The van der Waals surface area contributed by atoms with Crippen LogP contribution >= 0.6 is 0 Å². The first kappa shape index (κ1) is 10.6. The topological polar surface area (TPSA) is 52.6 Å². The standard InChI is InChI=1S/C2H2F4O4S/c3-1(4)9-11(7,8)10-2(5)6/h1-2H. The van der Waals surface area contributed by atoms with Gasteiger partial charge < -0.3 is 0 Å². The molecule has 11 heavy (non-hydrogen) atoms. The Bertz CT molecular complexity index is 182. The van der Waals surface area contributed by atoms with Crippen molar-refractivity contribution in [1.29, 1.82) is 0 Å². The first-order valence-electron chi connectivity index (χ1n) is 2.01. The Kier molecular flexibility index (Phi) is 3.69. The molecule has 0 amide bonds. The largest absolute Gasteiger partial charge is 0.409 e. The second kappa shape index (κ2) is 3.83. The van der Waals surface area contributed by atoms with E-state index in [-0.39, 0.29) is 0 Å². The van der Waals surface area contributed by atoms with Crippen LogP contribution < -0.4 is 0 Å². The van der Waals surface area contributed by atoms with Crippen LogP contribution in [0.5, 0.6) is 0 Å². The van der Waals surface area contributed by atoms with Crippen molar-refractivity contribution in [2.24, 2.45) is 0 Å². The van der Waals surface area contributed by atoms with Gasteiger partial charge >= 0.3 is 23.6 Å². The average Bonchev–Trinajstić information content (AvgIpc) is 1.53. The smallest absolute Gasteiger partial charge is 0.181 e. The third-order valence-corrected chi connectivity index (χ3v) is 1.14. The van der Waals surface area contributed by atoms with Crippen LogP contribution in [-0.4, -0.2) is 21.6 Å². The lowest BCUT2D eigenvalue weighted by Gasteiger charge is -2.02. The molecule has 0 atom stereocenters. The zero-order valence-electron chi connectivity index (χ0n) is 4.71. The molecule has 0 rings (SSSR count). The highest BCUT2D eigenvalue weighted by atomic mass is 32.3. The Hall–Kier alpha value is -0.410. The molecular weight excluding hydrogens is 196 g/mol. The lowest BCUT2D eigenvalue weighted by molar-refractivity contribution is -0.0910. The Morgan fingerprint density at radius 1 is 0.909 bits per heavy atom. The van der Waals surface area contributed by atoms with Crippen molar-refractivity contribution < 1.29 is 34.3 Å². The van der Waals surface area contributed by atoms with Crippen LogP contribution in [0.25, 0.3) is 0 Å². The summed E-state index contributed by atoms with van der Waals surface area (Å²) < 4.78 is 69.3. The monoisotopic (exact) mass is 198 g/mol. The highest BCUT2D eigenvalue weighted by Crippen LogP contribution is 2.08. The second-order valence-corrected chi connectivity index (χ2v) is 2.32. The van der Waals surface area contributed by atoms with Crippen LogP contribution in [0.4, 0.5) is 17.6 Å². The predicted molar refractivity (Wildman–Crippen MR) is 23.1 cm³/mol. The van der Waals surface area contributed by atoms with Gasteiger partial charge in [0.1, 0.15) is 0 Å². The number of hydrogen-bond acceptors (Lipinski definition) is 4. The molecule has 0 spiro atoms. The lowest BCUT2D eigenvalue weighted by Crippen LogP contribution is -2.16. The van der Waals surface area contributed by atoms with E-state index in [0.29, 0.717) is 0 Å². The summed E-state index contributed by atoms with van der Waals surface area (Å²) in [6.07, 6.45) is 0. The number of halogens is 4. The van der Waals surface area contributed by atoms with Gasteiger partial charge in [-0.05, 0) is 0 Å². The molecule has 0 saturated heterocycles. The van der Waals surface area contributed by atoms with Crippen LogP contribution in [0.1, 0.15) is 0 Å². The van der Waals surface area contributed by atoms with Crippen molar-refractivity contribution in [1.82, 2.24) is 0 Å². The van der Waals surface area contributed by atoms with E-state index in [0.717, 1.165) is 0 Å². The highest BCUT2D eigenvalue weighted by Gasteiger charge is 2.23. The maximum atomic E-state index is 11.1. The lowest BCUT2D eigenvalue weighted by atomic mass is 11.5. The molecule has 0 fully saturated rings. The normalized spacial score (nSPS) is 12.9. The van der Waals surface area contributed by atoms with E-state index in [1.54, 1.807) is 0 Å². The molecule has 0 aliphatic rings. The molecule has 0 aromatic rings. The summed E-state index contributed by atoms with van der Waals surface area (Å²) in [6, 6.07) is 0. The summed E-state index contributed by atoms with van der Waals surface area (Å²) >= 11 is 0. The third kappa shape index (κ3) is 6.01. The summed E-state index contributed by atoms with van der Waals surface area (Å²) in [5.41, 5.74) is 0. The van der Waals surface area contributed by atoms with Crippen LogP contribution in [0.2, 0.25) is 0 Å². The van der Waals surface area contributed by atoms with E-state index in [9.17, 15) is 26.0 Å². The summed E-state index contributed by atoms with van der Waals surface area (Å²) in [7, 11) is -5.28. The molecule has 68 valence electrons. The minimum Gasteiger partial charge on any atom is -0.181 e. The molecule has 0 aromatic carbocycles. The molecule has 0 aliphatic carbocycles. The average molecular weight is 198 g/mol.